The Labute approximate surface area is 70.9 Å². The summed E-state index contributed by atoms with van der Waals surface area (Å²) in [5.41, 5.74) is 0.483. The third kappa shape index (κ3) is 2.56. The maximum atomic E-state index is 10.1. The predicted molar refractivity (Wildman–Crippen MR) is 46.5 cm³/mol. The molecule has 0 aromatic heterocycles. The predicted octanol–water partition coefficient (Wildman–Crippen LogP) is 0.547. The minimum Gasteiger partial charge on any atom is -0.395 e. The highest BCUT2D eigenvalue weighted by Gasteiger charge is 2.06. The second-order valence-corrected chi connectivity index (χ2v) is 2.60. The van der Waals surface area contributed by atoms with E-state index in [9.17, 15) is 4.91 Å². The number of allylic oxidation sites excluding steroid dienone is 1. The number of aliphatic hydroxyl groups is 1. The number of aliphatic hydroxyl groups excluding tert-OH is 1. The molecule has 4 heteroatoms. The van der Waals surface area contributed by atoms with Crippen LogP contribution < -0.4 is 5.32 Å². The van der Waals surface area contributed by atoms with Crippen LogP contribution in [0.15, 0.2) is 29.1 Å². The van der Waals surface area contributed by atoms with Crippen LogP contribution in [0.1, 0.15) is 6.42 Å². The molecule has 0 radical (unpaired) electrons. The van der Waals surface area contributed by atoms with Crippen LogP contribution in [0.5, 0.6) is 0 Å². The van der Waals surface area contributed by atoms with Gasteiger partial charge in [0.15, 0.2) is 0 Å². The first kappa shape index (κ1) is 9.09. The Bertz CT molecular complexity index is 211. The Kier molecular flexibility index (Phi) is 3.63. The van der Waals surface area contributed by atoms with Crippen LogP contribution in [0.4, 0.5) is 0 Å². The van der Waals surface area contributed by atoms with Gasteiger partial charge in [0.05, 0.1) is 6.61 Å². The summed E-state index contributed by atoms with van der Waals surface area (Å²) in [4.78, 5) is 10.1. The van der Waals surface area contributed by atoms with Crippen LogP contribution in [0.25, 0.3) is 0 Å². The Balaban J connectivity index is 2.32. The monoisotopic (exact) mass is 168 g/mol. The van der Waals surface area contributed by atoms with Crippen molar-refractivity contribution in [1.82, 2.24) is 5.32 Å². The maximum Gasteiger partial charge on any atom is 0.103 e. The molecule has 0 aliphatic heterocycles. The van der Waals surface area contributed by atoms with Gasteiger partial charge in [-0.05, 0) is 17.7 Å². The third-order valence-electron chi connectivity index (χ3n) is 1.70. The van der Waals surface area contributed by atoms with Gasteiger partial charge in [-0.2, -0.15) is 0 Å². The van der Waals surface area contributed by atoms with Crippen molar-refractivity contribution in [2.24, 2.45) is 5.18 Å². The number of nitrogens with one attached hydrogen (secondary N) is 1. The van der Waals surface area contributed by atoms with E-state index < -0.39 is 0 Å². The molecule has 12 heavy (non-hydrogen) atoms. The number of hydrogen-bond donors (Lipinski definition) is 2. The molecule has 1 aliphatic carbocycles. The first-order valence-electron chi connectivity index (χ1n) is 3.93. The summed E-state index contributed by atoms with van der Waals surface area (Å²) >= 11 is 0. The molecule has 0 saturated heterocycles. The summed E-state index contributed by atoms with van der Waals surface area (Å²) in [5.74, 6) is 0. The van der Waals surface area contributed by atoms with Gasteiger partial charge in [0.1, 0.15) is 5.70 Å². The van der Waals surface area contributed by atoms with Gasteiger partial charge in [-0.15, -0.1) is 4.91 Å². The van der Waals surface area contributed by atoms with E-state index >= 15 is 0 Å². The molecule has 2 N–H and O–H groups in total. The molecule has 0 fully saturated rings. The molecule has 0 aromatic carbocycles. The van der Waals surface area contributed by atoms with Crippen molar-refractivity contribution in [2.75, 3.05) is 13.2 Å². The van der Waals surface area contributed by atoms with Crippen molar-refractivity contribution < 1.29 is 5.11 Å². The molecule has 1 unspecified atom stereocenters. The molecule has 1 atom stereocenters. The number of nitroso groups, excluding NO2 is 1. The van der Waals surface area contributed by atoms with E-state index in [4.69, 9.17) is 5.11 Å². The minimum absolute atomic E-state index is 0.132. The minimum atomic E-state index is 0.132. The fourth-order valence-corrected chi connectivity index (χ4v) is 1.08. The van der Waals surface area contributed by atoms with Gasteiger partial charge in [-0.25, -0.2) is 0 Å². The quantitative estimate of drug-likeness (QED) is 0.602. The van der Waals surface area contributed by atoms with Crippen molar-refractivity contribution in [3.8, 4) is 0 Å². The van der Waals surface area contributed by atoms with E-state index in [0.717, 1.165) is 6.42 Å². The summed E-state index contributed by atoms with van der Waals surface area (Å²) < 4.78 is 0. The second kappa shape index (κ2) is 4.79. The fraction of sp³-hybridized carbons (Fsp3) is 0.500. The lowest BCUT2D eigenvalue weighted by Gasteiger charge is -2.14. The van der Waals surface area contributed by atoms with Gasteiger partial charge < -0.3 is 10.4 Å². The van der Waals surface area contributed by atoms with Crippen LogP contribution in [-0.4, -0.2) is 24.3 Å². The smallest absolute Gasteiger partial charge is 0.103 e. The van der Waals surface area contributed by atoms with Gasteiger partial charge in [0.2, 0.25) is 0 Å². The SMILES string of the molecule is O=NC1=CCC(NCCO)C=C1. The molecular weight excluding hydrogens is 156 g/mol. The molecule has 0 amide bonds. The summed E-state index contributed by atoms with van der Waals surface area (Å²) in [6.07, 6.45) is 6.11. The highest BCUT2D eigenvalue weighted by molar-refractivity contribution is 5.23. The van der Waals surface area contributed by atoms with E-state index in [1.165, 1.54) is 0 Å². The first-order valence-corrected chi connectivity index (χ1v) is 3.93. The Morgan fingerprint density at radius 1 is 1.75 bits per heavy atom. The highest BCUT2D eigenvalue weighted by atomic mass is 16.3. The Hall–Kier alpha value is -1.00. The molecule has 66 valence electrons. The summed E-state index contributed by atoms with van der Waals surface area (Å²) in [7, 11) is 0. The van der Waals surface area contributed by atoms with Crippen LogP contribution in [0, 0.1) is 4.91 Å². The molecular formula is C8H12N2O2. The van der Waals surface area contributed by atoms with Crippen molar-refractivity contribution in [3.63, 3.8) is 0 Å². The van der Waals surface area contributed by atoms with Crippen molar-refractivity contribution in [2.45, 2.75) is 12.5 Å². The molecule has 4 nitrogen and oxygen atoms in total. The molecule has 0 heterocycles. The first-order chi connectivity index (χ1) is 5.86. The van der Waals surface area contributed by atoms with Crippen LogP contribution in [-0.2, 0) is 0 Å². The molecule has 0 spiro atoms. The third-order valence-corrected chi connectivity index (χ3v) is 1.70. The van der Waals surface area contributed by atoms with Crippen LogP contribution >= 0.6 is 0 Å². The standard InChI is InChI=1S/C8H12N2O2/c11-6-5-9-7-1-3-8(10-12)4-2-7/h1,3-4,7,9,11H,2,5-6H2. The Morgan fingerprint density at radius 2 is 2.58 bits per heavy atom. The number of nitrogens with zero attached hydrogens (tertiary/aromatic N) is 1. The lowest BCUT2D eigenvalue weighted by molar-refractivity contribution is 0.288. The Morgan fingerprint density at radius 3 is 3.08 bits per heavy atom. The largest absolute Gasteiger partial charge is 0.395 e. The normalized spacial score (nSPS) is 22.1. The lowest BCUT2D eigenvalue weighted by atomic mass is 10.1. The fourth-order valence-electron chi connectivity index (χ4n) is 1.08. The number of hydrogen-bond acceptors (Lipinski definition) is 4. The van der Waals surface area contributed by atoms with E-state index in [-0.39, 0.29) is 12.6 Å². The van der Waals surface area contributed by atoms with Crippen molar-refractivity contribution in [3.05, 3.63) is 28.8 Å². The maximum absolute atomic E-state index is 10.1. The van der Waals surface area contributed by atoms with Crippen LogP contribution in [0.2, 0.25) is 0 Å². The van der Waals surface area contributed by atoms with Gasteiger partial charge >= 0.3 is 0 Å². The topological polar surface area (TPSA) is 61.7 Å². The average molecular weight is 168 g/mol. The van der Waals surface area contributed by atoms with Gasteiger partial charge in [-0.3, -0.25) is 0 Å². The molecule has 0 bridgehead atoms. The van der Waals surface area contributed by atoms with E-state index in [1.807, 2.05) is 6.08 Å². The van der Waals surface area contributed by atoms with E-state index in [0.29, 0.717) is 12.2 Å². The zero-order valence-corrected chi connectivity index (χ0v) is 6.73. The highest BCUT2D eigenvalue weighted by Crippen LogP contribution is 2.10. The van der Waals surface area contributed by atoms with Crippen molar-refractivity contribution in [1.29, 1.82) is 0 Å². The zero-order valence-electron chi connectivity index (χ0n) is 6.73. The van der Waals surface area contributed by atoms with Crippen molar-refractivity contribution >= 4 is 0 Å². The average Bonchev–Trinajstić information content (AvgIpc) is 2.15. The van der Waals surface area contributed by atoms with E-state index in [2.05, 4.69) is 10.5 Å². The van der Waals surface area contributed by atoms with Crippen LogP contribution in [0.3, 0.4) is 0 Å². The van der Waals surface area contributed by atoms with Gasteiger partial charge in [0.25, 0.3) is 0 Å². The second-order valence-electron chi connectivity index (χ2n) is 2.60. The summed E-state index contributed by atoms with van der Waals surface area (Å²) in [5, 5.41) is 14.4. The van der Waals surface area contributed by atoms with E-state index in [1.54, 1.807) is 12.2 Å². The summed E-state index contributed by atoms with van der Waals surface area (Å²) in [6, 6.07) is 0.225. The van der Waals surface area contributed by atoms with Gasteiger partial charge in [0, 0.05) is 12.6 Å². The number of rotatable bonds is 4. The molecule has 1 aliphatic rings. The summed E-state index contributed by atoms with van der Waals surface area (Å²) in [6.45, 7) is 0.708. The zero-order chi connectivity index (χ0) is 8.81. The molecule has 0 saturated carbocycles. The lowest BCUT2D eigenvalue weighted by Crippen LogP contribution is -2.30. The van der Waals surface area contributed by atoms with Gasteiger partial charge in [-0.1, -0.05) is 12.2 Å². The molecule has 1 rings (SSSR count). The molecule has 0 aromatic rings.